The van der Waals surface area contributed by atoms with Crippen LogP contribution >= 0.6 is 0 Å². The molecule has 1 aliphatic rings. The van der Waals surface area contributed by atoms with Gasteiger partial charge in [0.25, 0.3) is 0 Å². The van der Waals surface area contributed by atoms with E-state index in [2.05, 4.69) is 38.2 Å². The van der Waals surface area contributed by atoms with E-state index in [4.69, 9.17) is 4.74 Å². The molecule has 0 spiro atoms. The lowest BCUT2D eigenvalue weighted by Gasteiger charge is -2.26. The summed E-state index contributed by atoms with van der Waals surface area (Å²) in [6.45, 7) is 7.58. The highest BCUT2D eigenvalue weighted by molar-refractivity contribution is 5.46. The summed E-state index contributed by atoms with van der Waals surface area (Å²) in [7, 11) is 0. The normalized spacial score (nSPS) is 23.4. The predicted octanol–water partition coefficient (Wildman–Crippen LogP) is 4.71. The van der Waals surface area contributed by atoms with E-state index in [1.807, 2.05) is 12.1 Å². The molecule has 19 heavy (non-hydrogen) atoms. The molecule has 0 saturated heterocycles. The van der Waals surface area contributed by atoms with Crippen molar-refractivity contribution in [3.05, 3.63) is 24.3 Å². The van der Waals surface area contributed by atoms with Crippen molar-refractivity contribution < 1.29 is 4.74 Å². The van der Waals surface area contributed by atoms with Gasteiger partial charge in [-0.3, -0.25) is 0 Å². The van der Waals surface area contributed by atoms with Gasteiger partial charge in [0.05, 0.1) is 6.10 Å². The molecule has 1 fully saturated rings. The van der Waals surface area contributed by atoms with Gasteiger partial charge < -0.3 is 10.1 Å². The van der Waals surface area contributed by atoms with Crippen LogP contribution in [-0.2, 0) is 0 Å². The molecule has 0 radical (unpaired) electrons. The van der Waals surface area contributed by atoms with Crippen molar-refractivity contribution in [2.24, 2.45) is 11.8 Å². The summed E-state index contributed by atoms with van der Waals surface area (Å²) in [5.74, 6) is 2.73. The zero-order valence-electron chi connectivity index (χ0n) is 12.5. The van der Waals surface area contributed by atoms with E-state index in [0.29, 0.717) is 0 Å². The Labute approximate surface area is 117 Å². The van der Waals surface area contributed by atoms with Crippen molar-refractivity contribution in [1.82, 2.24) is 0 Å². The molecule has 1 aromatic carbocycles. The fourth-order valence-corrected chi connectivity index (χ4v) is 2.72. The number of anilines is 1. The Balaban J connectivity index is 1.76. The molecule has 1 N–H and O–H groups in total. The highest BCUT2D eigenvalue weighted by atomic mass is 16.5. The van der Waals surface area contributed by atoms with Gasteiger partial charge in [0.2, 0.25) is 0 Å². The van der Waals surface area contributed by atoms with Crippen LogP contribution in [0.3, 0.4) is 0 Å². The molecule has 2 rings (SSSR count). The highest BCUT2D eigenvalue weighted by Gasteiger charge is 2.17. The second kappa shape index (κ2) is 6.83. The molecule has 1 aliphatic carbocycles. The first-order valence-corrected chi connectivity index (χ1v) is 7.64. The molecule has 2 nitrogen and oxygen atoms in total. The summed E-state index contributed by atoms with van der Waals surface area (Å²) in [6, 6.07) is 8.32. The van der Waals surface area contributed by atoms with Gasteiger partial charge in [-0.1, -0.05) is 19.8 Å². The summed E-state index contributed by atoms with van der Waals surface area (Å²) >= 11 is 0. The number of ether oxygens (including phenoxy) is 1. The Kier molecular flexibility index (Phi) is 5.12. The van der Waals surface area contributed by atoms with E-state index < -0.39 is 0 Å². The maximum atomic E-state index is 5.65. The van der Waals surface area contributed by atoms with Crippen LogP contribution in [-0.4, -0.2) is 12.6 Å². The van der Waals surface area contributed by atoms with Gasteiger partial charge >= 0.3 is 0 Å². The fourth-order valence-electron chi connectivity index (χ4n) is 2.72. The molecule has 0 atom stereocenters. The maximum Gasteiger partial charge on any atom is 0.119 e. The third-order valence-electron chi connectivity index (χ3n) is 3.96. The van der Waals surface area contributed by atoms with E-state index >= 15 is 0 Å². The van der Waals surface area contributed by atoms with E-state index in [1.54, 1.807) is 0 Å². The van der Waals surface area contributed by atoms with E-state index in [1.165, 1.54) is 31.4 Å². The van der Waals surface area contributed by atoms with Crippen LogP contribution in [0.15, 0.2) is 24.3 Å². The molecule has 2 heteroatoms. The van der Waals surface area contributed by atoms with Crippen LogP contribution in [0.25, 0.3) is 0 Å². The van der Waals surface area contributed by atoms with Gasteiger partial charge in [0.15, 0.2) is 0 Å². The van der Waals surface area contributed by atoms with Gasteiger partial charge in [-0.15, -0.1) is 0 Å². The third kappa shape index (κ3) is 4.77. The first-order valence-electron chi connectivity index (χ1n) is 7.64. The van der Waals surface area contributed by atoms with Crippen molar-refractivity contribution in [3.63, 3.8) is 0 Å². The van der Waals surface area contributed by atoms with Crippen LogP contribution in [0.4, 0.5) is 5.69 Å². The predicted molar refractivity (Wildman–Crippen MR) is 81.8 cm³/mol. The molecule has 0 aromatic heterocycles. The SMILES string of the molecule is CC1CCC(CNc2ccc(OC(C)C)cc2)CC1. The van der Waals surface area contributed by atoms with Crippen molar-refractivity contribution >= 4 is 5.69 Å². The van der Waals surface area contributed by atoms with Crippen LogP contribution in [0.1, 0.15) is 46.5 Å². The van der Waals surface area contributed by atoms with Crippen molar-refractivity contribution in [2.75, 3.05) is 11.9 Å². The summed E-state index contributed by atoms with van der Waals surface area (Å²) < 4.78 is 5.65. The zero-order valence-corrected chi connectivity index (χ0v) is 12.5. The average Bonchev–Trinajstić information content (AvgIpc) is 2.39. The first-order chi connectivity index (χ1) is 9.13. The monoisotopic (exact) mass is 261 g/mol. The molecule has 0 unspecified atom stereocenters. The van der Waals surface area contributed by atoms with Crippen LogP contribution in [0, 0.1) is 11.8 Å². The van der Waals surface area contributed by atoms with Gasteiger partial charge in [0.1, 0.15) is 5.75 Å². The first kappa shape index (κ1) is 14.2. The maximum absolute atomic E-state index is 5.65. The number of benzene rings is 1. The van der Waals surface area contributed by atoms with Crippen molar-refractivity contribution in [3.8, 4) is 5.75 Å². The Morgan fingerprint density at radius 3 is 2.32 bits per heavy atom. The smallest absolute Gasteiger partial charge is 0.119 e. The Morgan fingerprint density at radius 1 is 1.11 bits per heavy atom. The van der Waals surface area contributed by atoms with Crippen molar-refractivity contribution in [2.45, 2.75) is 52.6 Å². The number of nitrogens with one attached hydrogen (secondary N) is 1. The lowest BCUT2D eigenvalue weighted by Crippen LogP contribution is -2.20. The largest absolute Gasteiger partial charge is 0.491 e. The Bertz CT molecular complexity index is 363. The lowest BCUT2D eigenvalue weighted by molar-refractivity contribution is 0.242. The molecule has 1 aromatic rings. The highest BCUT2D eigenvalue weighted by Crippen LogP contribution is 2.28. The summed E-state index contributed by atoms with van der Waals surface area (Å²) in [4.78, 5) is 0. The van der Waals surface area contributed by atoms with E-state index in [0.717, 1.165) is 24.1 Å². The minimum atomic E-state index is 0.239. The average molecular weight is 261 g/mol. The van der Waals surface area contributed by atoms with Gasteiger partial charge in [0, 0.05) is 12.2 Å². The standard InChI is InChI=1S/C17H27NO/c1-13(2)19-17-10-8-16(9-11-17)18-12-15-6-4-14(3)5-7-15/h8-11,13-15,18H,4-7,12H2,1-3H3. The molecular formula is C17H27NO. The molecule has 0 amide bonds. The third-order valence-corrected chi connectivity index (χ3v) is 3.96. The summed E-state index contributed by atoms with van der Waals surface area (Å²) in [5.41, 5.74) is 1.20. The summed E-state index contributed by atoms with van der Waals surface area (Å²) in [6.07, 6.45) is 5.79. The van der Waals surface area contributed by atoms with E-state index in [-0.39, 0.29) is 6.10 Å². The molecule has 0 bridgehead atoms. The molecular weight excluding hydrogens is 234 g/mol. The molecule has 1 saturated carbocycles. The topological polar surface area (TPSA) is 21.3 Å². The van der Waals surface area contributed by atoms with Crippen LogP contribution in [0.5, 0.6) is 5.75 Å². The second-order valence-corrected chi connectivity index (χ2v) is 6.20. The molecule has 0 heterocycles. The number of rotatable bonds is 5. The molecule has 0 aliphatic heterocycles. The minimum Gasteiger partial charge on any atom is -0.491 e. The number of hydrogen-bond acceptors (Lipinski definition) is 2. The van der Waals surface area contributed by atoms with Gasteiger partial charge in [-0.25, -0.2) is 0 Å². The Hall–Kier alpha value is -1.18. The Morgan fingerprint density at radius 2 is 1.74 bits per heavy atom. The number of hydrogen-bond donors (Lipinski definition) is 1. The van der Waals surface area contributed by atoms with E-state index in [9.17, 15) is 0 Å². The zero-order chi connectivity index (χ0) is 13.7. The summed E-state index contributed by atoms with van der Waals surface area (Å²) in [5, 5.41) is 3.55. The van der Waals surface area contributed by atoms with Gasteiger partial charge in [-0.05, 0) is 62.8 Å². The fraction of sp³-hybridized carbons (Fsp3) is 0.647. The minimum absolute atomic E-state index is 0.239. The lowest BCUT2D eigenvalue weighted by atomic mass is 9.83. The quantitative estimate of drug-likeness (QED) is 0.828. The second-order valence-electron chi connectivity index (χ2n) is 6.20. The van der Waals surface area contributed by atoms with Crippen LogP contribution in [0.2, 0.25) is 0 Å². The molecule has 106 valence electrons. The van der Waals surface area contributed by atoms with Crippen molar-refractivity contribution in [1.29, 1.82) is 0 Å². The van der Waals surface area contributed by atoms with Crippen LogP contribution < -0.4 is 10.1 Å². The van der Waals surface area contributed by atoms with Gasteiger partial charge in [-0.2, -0.15) is 0 Å².